The molecule has 0 spiro atoms. The lowest BCUT2D eigenvalue weighted by Gasteiger charge is -2.08. The van der Waals surface area contributed by atoms with Crippen LogP contribution in [0.4, 0.5) is 5.69 Å². The number of aryl methyl sites for hydroxylation is 2. The summed E-state index contributed by atoms with van der Waals surface area (Å²) in [5.41, 5.74) is 3.47. The zero-order valence-electron chi connectivity index (χ0n) is 12.5. The zero-order chi connectivity index (χ0) is 15.6. The first-order chi connectivity index (χ1) is 9.92. The van der Waals surface area contributed by atoms with Gasteiger partial charge in [-0.1, -0.05) is 11.6 Å². The van der Waals surface area contributed by atoms with Crippen LogP contribution in [0.2, 0.25) is 5.02 Å². The maximum Gasteiger partial charge on any atom is 0.228 e. The first-order valence-corrected chi connectivity index (χ1v) is 6.92. The van der Waals surface area contributed by atoms with Gasteiger partial charge in [0.15, 0.2) is 0 Å². The summed E-state index contributed by atoms with van der Waals surface area (Å²) < 4.78 is 6.86. The molecule has 1 N–H and O–H groups in total. The number of carbonyl (C=O) groups excluding carboxylic acids is 1. The van der Waals surface area contributed by atoms with E-state index in [1.165, 1.54) is 0 Å². The molecule has 2 rings (SSSR count). The van der Waals surface area contributed by atoms with Crippen LogP contribution in [-0.4, -0.2) is 22.8 Å². The highest BCUT2D eigenvalue weighted by Gasteiger charge is 2.14. The maximum absolute atomic E-state index is 12.1. The number of halogens is 1. The number of hydrogen-bond acceptors (Lipinski definition) is 3. The molecule has 6 heteroatoms. The number of carbonyl (C=O) groups is 1. The summed E-state index contributed by atoms with van der Waals surface area (Å²) in [7, 11) is 3.42. The molecule has 2 aromatic rings. The second-order valence-corrected chi connectivity index (χ2v) is 5.25. The number of anilines is 1. The molecule has 0 bridgehead atoms. The van der Waals surface area contributed by atoms with Crippen molar-refractivity contribution in [3.63, 3.8) is 0 Å². The third kappa shape index (κ3) is 3.36. The monoisotopic (exact) mass is 307 g/mol. The molecule has 5 nitrogen and oxygen atoms in total. The number of amides is 1. The fourth-order valence-corrected chi connectivity index (χ4v) is 2.44. The normalized spacial score (nSPS) is 10.5. The third-order valence-electron chi connectivity index (χ3n) is 3.43. The van der Waals surface area contributed by atoms with E-state index in [1.807, 2.05) is 20.9 Å². The highest BCUT2D eigenvalue weighted by molar-refractivity contribution is 6.32. The largest absolute Gasteiger partial charge is 0.495 e. The minimum absolute atomic E-state index is 0.101. The van der Waals surface area contributed by atoms with Gasteiger partial charge in [-0.25, -0.2) is 0 Å². The van der Waals surface area contributed by atoms with Crippen LogP contribution in [0.3, 0.4) is 0 Å². The summed E-state index contributed by atoms with van der Waals surface area (Å²) in [4.78, 5) is 12.1. The predicted octanol–water partition coefficient (Wildman–Crippen LogP) is 2.88. The topological polar surface area (TPSA) is 56.1 Å². The Morgan fingerprint density at radius 1 is 1.43 bits per heavy atom. The molecule has 1 aromatic carbocycles. The van der Waals surface area contributed by atoms with Crippen LogP contribution in [0.5, 0.6) is 5.75 Å². The zero-order valence-corrected chi connectivity index (χ0v) is 13.3. The number of nitrogens with zero attached hydrogens (tertiary/aromatic N) is 2. The van der Waals surface area contributed by atoms with E-state index < -0.39 is 0 Å². The Labute approximate surface area is 128 Å². The first kappa shape index (κ1) is 15.4. The number of nitrogens with one attached hydrogen (secondary N) is 1. The van der Waals surface area contributed by atoms with E-state index in [1.54, 1.807) is 30.0 Å². The molecular formula is C15H18ClN3O2. The van der Waals surface area contributed by atoms with E-state index in [4.69, 9.17) is 16.3 Å². The molecule has 0 aliphatic heterocycles. The van der Waals surface area contributed by atoms with E-state index in [2.05, 4.69) is 10.4 Å². The average Bonchev–Trinajstić information content (AvgIpc) is 2.65. The lowest BCUT2D eigenvalue weighted by Crippen LogP contribution is -2.15. The smallest absolute Gasteiger partial charge is 0.228 e. The number of methoxy groups -OCH3 is 1. The van der Waals surface area contributed by atoms with E-state index in [0.717, 1.165) is 17.0 Å². The molecule has 1 amide bonds. The van der Waals surface area contributed by atoms with Crippen molar-refractivity contribution in [2.24, 2.45) is 7.05 Å². The van der Waals surface area contributed by atoms with Gasteiger partial charge < -0.3 is 10.1 Å². The van der Waals surface area contributed by atoms with Gasteiger partial charge in [0.05, 0.1) is 24.2 Å². The van der Waals surface area contributed by atoms with Gasteiger partial charge in [0, 0.05) is 24.0 Å². The van der Waals surface area contributed by atoms with Crippen molar-refractivity contribution >= 4 is 23.2 Å². The Hall–Kier alpha value is -2.01. The SMILES string of the molecule is COc1ccc(NC(=O)Cc2c(C)nn(C)c2C)cc1Cl. The summed E-state index contributed by atoms with van der Waals surface area (Å²) in [6.07, 6.45) is 0.287. The van der Waals surface area contributed by atoms with Gasteiger partial charge in [0.2, 0.25) is 5.91 Å². The van der Waals surface area contributed by atoms with Crippen molar-refractivity contribution in [1.82, 2.24) is 9.78 Å². The van der Waals surface area contributed by atoms with E-state index >= 15 is 0 Å². The minimum Gasteiger partial charge on any atom is -0.495 e. The number of rotatable bonds is 4. The van der Waals surface area contributed by atoms with Crippen LogP contribution in [0.1, 0.15) is 17.0 Å². The Bertz CT molecular complexity index is 680. The standard InChI is InChI=1S/C15H18ClN3O2/c1-9-12(10(2)19(3)18-9)8-15(20)17-11-5-6-14(21-4)13(16)7-11/h5-7H,8H2,1-4H3,(H,17,20). The molecule has 0 atom stereocenters. The number of ether oxygens (including phenoxy) is 1. The molecule has 0 aliphatic carbocycles. The Kier molecular flexibility index (Phi) is 4.53. The molecule has 0 saturated carbocycles. The molecule has 0 unspecified atom stereocenters. The quantitative estimate of drug-likeness (QED) is 0.945. The highest BCUT2D eigenvalue weighted by atomic mass is 35.5. The molecule has 1 aromatic heterocycles. The Morgan fingerprint density at radius 2 is 2.14 bits per heavy atom. The molecule has 21 heavy (non-hydrogen) atoms. The van der Waals surface area contributed by atoms with Gasteiger partial charge >= 0.3 is 0 Å². The molecule has 0 radical (unpaired) electrons. The number of aromatic nitrogens is 2. The van der Waals surface area contributed by atoms with Crippen molar-refractivity contribution < 1.29 is 9.53 Å². The van der Waals surface area contributed by atoms with Crippen LogP contribution in [0, 0.1) is 13.8 Å². The summed E-state index contributed by atoms with van der Waals surface area (Å²) in [6.45, 7) is 3.85. The van der Waals surface area contributed by atoms with Gasteiger partial charge in [-0.05, 0) is 32.0 Å². The van der Waals surface area contributed by atoms with Crippen molar-refractivity contribution in [1.29, 1.82) is 0 Å². The molecule has 0 aliphatic rings. The molecule has 112 valence electrons. The summed E-state index contributed by atoms with van der Waals surface area (Å²) in [6, 6.07) is 5.14. The van der Waals surface area contributed by atoms with Crippen molar-refractivity contribution in [3.8, 4) is 5.75 Å². The van der Waals surface area contributed by atoms with Crippen LogP contribution in [-0.2, 0) is 18.3 Å². The minimum atomic E-state index is -0.101. The van der Waals surface area contributed by atoms with E-state index in [9.17, 15) is 4.79 Å². The van der Waals surface area contributed by atoms with E-state index in [0.29, 0.717) is 16.5 Å². The van der Waals surface area contributed by atoms with Gasteiger partial charge in [-0.15, -0.1) is 0 Å². The highest BCUT2D eigenvalue weighted by Crippen LogP contribution is 2.27. The fraction of sp³-hybridized carbons (Fsp3) is 0.333. The van der Waals surface area contributed by atoms with Crippen LogP contribution < -0.4 is 10.1 Å². The van der Waals surface area contributed by atoms with E-state index in [-0.39, 0.29) is 12.3 Å². The molecule has 0 saturated heterocycles. The van der Waals surface area contributed by atoms with Crippen molar-refractivity contribution in [3.05, 3.63) is 40.2 Å². The van der Waals surface area contributed by atoms with Crippen molar-refractivity contribution in [2.75, 3.05) is 12.4 Å². The average molecular weight is 308 g/mol. The lowest BCUT2D eigenvalue weighted by molar-refractivity contribution is -0.115. The summed E-state index contributed by atoms with van der Waals surface area (Å²) in [5, 5.41) is 7.60. The van der Waals surface area contributed by atoms with Crippen LogP contribution in [0.15, 0.2) is 18.2 Å². The summed E-state index contributed by atoms with van der Waals surface area (Å²) >= 11 is 6.04. The number of benzene rings is 1. The van der Waals surface area contributed by atoms with Gasteiger partial charge in [-0.3, -0.25) is 9.48 Å². The maximum atomic E-state index is 12.1. The molecule has 1 heterocycles. The fourth-order valence-electron chi connectivity index (χ4n) is 2.18. The first-order valence-electron chi connectivity index (χ1n) is 6.55. The third-order valence-corrected chi connectivity index (χ3v) is 3.73. The van der Waals surface area contributed by atoms with Crippen LogP contribution >= 0.6 is 11.6 Å². The summed E-state index contributed by atoms with van der Waals surface area (Å²) in [5.74, 6) is 0.476. The second-order valence-electron chi connectivity index (χ2n) is 4.85. The second kappa shape index (κ2) is 6.18. The lowest BCUT2D eigenvalue weighted by atomic mass is 10.1. The van der Waals surface area contributed by atoms with Crippen LogP contribution in [0.25, 0.3) is 0 Å². The van der Waals surface area contributed by atoms with Gasteiger partial charge in [0.1, 0.15) is 5.75 Å². The number of hydrogen-bond donors (Lipinski definition) is 1. The van der Waals surface area contributed by atoms with Gasteiger partial charge in [0.25, 0.3) is 0 Å². The molecule has 0 fully saturated rings. The molecular weight excluding hydrogens is 290 g/mol. The van der Waals surface area contributed by atoms with Gasteiger partial charge in [-0.2, -0.15) is 5.10 Å². The Morgan fingerprint density at radius 3 is 2.67 bits per heavy atom. The predicted molar refractivity (Wildman–Crippen MR) is 83.0 cm³/mol. The Balaban J connectivity index is 2.10. The van der Waals surface area contributed by atoms with Crippen molar-refractivity contribution in [2.45, 2.75) is 20.3 Å².